The lowest BCUT2D eigenvalue weighted by Gasteiger charge is -2.26. The number of benzene rings is 2. The van der Waals surface area contributed by atoms with Crippen molar-refractivity contribution in [2.24, 2.45) is 0 Å². The molecule has 0 saturated carbocycles. The summed E-state index contributed by atoms with van der Waals surface area (Å²) >= 11 is 0. The summed E-state index contributed by atoms with van der Waals surface area (Å²) < 4.78 is 1.88. The van der Waals surface area contributed by atoms with Crippen LogP contribution in [0.25, 0.3) is 27.7 Å². The molecule has 158 valence electrons. The molecule has 1 aliphatic rings. The number of hydrogen-bond donors (Lipinski definition) is 2. The van der Waals surface area contributed by atoms with Crippen LogP contribution in [0, 0.1) is 6.92 Å². The first kappa shape index (κ1) is 19.5. The summed E-state index contributed by atoms with van der Waals surface area (Å²) in [5.74, 6) is 0.712. The van der Waals surface area contributed by atoms with Crippen molar-refractivity contribution in [3.8, 4) is 11.1 Å². The monoisotopic (exact) mass is 415 g/mol. The lowest BCUT2D eigenvalue weighted by Crippen LogP contribution is -2.28. The Morgan fingerprint density at radius 2 is 1.74 bits per heavy atom. The summed E-state index contributed by atoms with van der Waals surface area (Å²) in [6, 6.07) is 16.8. The molecule has 3 heterocycles. The van der Waals surface area contributed by atoms with Crippen molar-refractivity contribution < 1.29 is 9.90 Å². The fourth-order valence-electron chi connectivity index (χ4n) is 4.48. The fourth-order valence-corrected chi connectivity index (χ4v) is 4.48. The van der Waals surface area contributed by atoms with E-state index in [1.54, 1.807) is 0 Å². The fraction of sp³-hybridized carbons (Fsp3) is 0.292. The van der Waals surface area contributed by atoms with Gasteiger partial charge in [-0.15, -0.1) is 10.2 Å². The number of anilines is 1. The molecule has 0 aliphatic carbocycles. The normalized spacial score (nSPS) is 14.9. The number of likely N-dealkylation sites (tertiary alicyclic amines) is 1. The van der Waals surface area contributed by atoms with E-state index in [4.69, 9.17) is 0 Å². The zero-order chi connectivity index (χ0) is 21.4. The molecule has 31 heavy (non-hydrogen) atoms. The van der Waals surface area contributed by atoms with Crippen LogP contribution in [0.3, 0.4) is 0 Å². The van der Waals surface area contributed by atoms with Gasteiger partial charge in [0.05, 0.1) is 11.2 Å². The Kier molecular flexibility index (Phi) is 5.03. The predicted octanol–water partition coefficient (Wildman–Crippen LogP) is 4.93. The molecular formula is C24H25N5O2. The van der Waals surface area contributed by atoms with E-state index in [1.807, 2.05) is 23.5 Å². The number of nitrogens with zero attached hydrogens (tertiary/aromatic N) is 4. The van der Waals surface area contributed by atoms with Gasteiger partial charge < -0.3 is 5.11 Å². The summed E-state index contributed by atoms with van der Waals surface area (Å²) in [6.45, 7) is 5.25. The average Bonchev–Trinajstić information content (AvgIpc) is 3.16. The van der Waals surface area contributed by atoms with Crippen LogP contribution in [0.1, 0.15) is 30.7 Å². The van der Waals surface area contributed by atoms with E-state index < -0.39 is 6.09 Å². The molecule has 0 atom stereocenters. The lowest BCUT2D eigenvalue weighted by atomic mass is 10.0. The van der Waals surface area contributed by atoms with Gasteiger partial charge in [-0.05, 0) is 67.7 Å². The van der Waals surface area contributed by atoms with Crippen molar-refractivity contribution in [1.82, 2.24) is 19.5 Å². The number of nitrogens with one attached hydrogen (secondary N) is 1. The molecule has 1 fully saturated rings. The molecule has 0 radical (unpaired) electrons. The van der Waals surface area contributed by atoms with Crippen LogP contribution in [-0.2, 0) is 6.54 Å². The second-order valence-corrected chi connectivity index (χ2v) is 8.20. The van der Waals surface area contributed by atoms with E-state index in [0.29, 0.717) is 17.2 Å². The maximum absolute atomic E-state index is 11.2. The van der Waals surface area contributed by atoms with Gasteiger partial charge >= 0.3 is 6.09 Å². The first-order chi connectivity index (χ1) is 15.1. The third-order valence-corrected chi connectivity index (χ3v) is 6.02. The third kappa shape index (κ3) is 3.84. The number of pyridine rings is 1. The van der Waals surface area contributed by atoms with E-state index in [9.17, 15) is 9.90 Å². The van der Waals surface area contributed by atoms with Crippen LogP contribution in [0.4, 0.5) is 10.5 Å². The maximum Gasteiger partial charge on any atom is 0.409 e. The second kappa shape index (κ2) is 8.00. The van der Waals surface area contributed by atoms with E-state index in [-0.39, 0.29) is 0 Å². The van der Waals surface area contributed by atoms with Gasteiger partial charge in [-0.3, -0.25) is 14.6 Å². The largest absolute Gasteiger partial charge is 0.465 e. The molecule has 2 N–H and O–H groups in total. The van der Waals surface area contributed by atoms with E-state index in [1.165, 1.54) is 37.9 Å². The SMILES string of the molecule is Cc1nnc2c(NC(=O)O)cc3cc(-c4ccc(CN5CCCCC5)cc4)ccc3n12. The Morgan fingerprint density at radius 1 is 1.00 bits per heavy atom. The molecular weight excluding hydrogens is 390 g/mol. The lowest BCUT2D eigenvalue weighted by molar-refractivity contribution is 0.210. The highest BCUT2D eigenvalue weighted by atomic mass is 16.4. The first-order valence-corrected chi connectivity index (χ1v) is 10.7. The van der Waals surface area contributed by atoms with Crippen LogP contribution >= 0.6 is 0 Å². The minimum absolute atomic E-state index is 0.426. The van der Waals surface area contributed by atoms with Crippen molar-refractivity contribution >= 4 is 28.3 Å². The highest BCUT2D eigenvalue weighted by Gasteiger charge is 2.14. The van der Waals surface area contributed by atoms with Gasteiger partial charge in [0.25, 0.3) is 0 Å². The van der Waals surface area contributed by atoms with Crippen molar-refractivity contribution in [1.29, 1.82) is 0 Å². The number of hydrogen-bond acceptors (Lipinski definition) is 4. The van der Waals surface area contributed by atoms with Crippen molar-refractivity contribution in [2.75, 3.05) is 18.4 Å². The topological polar surface area (TPSA) is 82.8 Å². The van der Waals surface area contributed by atoms with Crippen molar-refractivity contribution in [3.63, 3.8) is 0 Å². The molecule has 1 amide bonds. The van der Waals surface area contributed by atoms with Crippen LogP contribution in [-0.4, -0.2) is 43.8 Å². The van der Waals surface area contributed by atoms with Gasteiger partial charge in [-0.2, -0.15) is 0 Å². The van der Waals surface area contributed by atoms with Crippen LogP contribution in [0.15, 0.2) is 48.5 Å². The number of piperidine rings is 1. The van der Waals surface area contributed by atoms with Gasteiger partial charge in [0, 0.05) is 11.9 Å². The van der Waals surface area contributed by atoms with Gasteiger partial charge in [-0.25, -0.2) is 4.79 Å². The highest BCUT2D eigenvalue weighted by molar-refractivity contribution is 5.96. The van der Waals surface area contributed by atoms with Gasteiger partial charge in [0.15, 0.2) is 5.65 Å². The molecule has 5 rings (SSSR count). The quantitative estimate of drug-likeness (QED) is 0.494. The molecule has 0 bridgehead atoms. The standard InChI is InChI=1S/C24H25N5O2/c1-16-26-27-23-21(25-24(30)31)14-20-13-19(9-10-22(20)29(16)23)18-7-5-17(6-8-18)15-28-11-3-2-4-12-28/h5-10,13-14,25H,2-4,11-12,15H2,1H3,(H,30,31). The Balaban J connectivity index is 1.49. The molecule has 7 heteroatoms. The third-order valence-electron chi connectivity index (χ3n) is 6.02. The summed E-state index contributed by atoms with van der Waals surface area (Å²) in [6.07, 6.45) is 2.82. The second-order valence-electron chi connectivity index (χ2n) is 8.20. The molecule has 2 aromatic carbocycles. The number of carbonyl (C=O) groups is 1. The first-order valence-electron chi connectivity index (χ1n) is 10.7. The number of amides is 1. The van der Waals surface area contributed by atoms with E-state index in [0.717, 1.165) is 28.6 Å². The summed E-state index contributed by atoms with van der Waals surface area (Å²) in [4.78, 5) is 13.8. The zero-order valence-electron chi connectivity index (χ0n) is 17.5. The summed E-state index contributed by atoms with van der Waals surface area (Å²) in [5, 5.41) is 20.9. The molecule has 0 unspecified atom stereocenters. The van der Waals surface area contributed by atoms with E-state index >= 15 is 0 Å². The molecule has 1 saturated heterocycles. The number of fused-ring (bicyclic) bond motifs is 3. The Hall–Kier alpha value is -3.45. The predicted molar refractivity (Wildman–Crippen MR) is 121 cm³/mol. The molecule has 0 spiro atoms. The molecule has 1 aliphatic heterocycles. The Morgan fingerprint density at radius 3 is 2.48 bits per heavy atom. The van der Waals surface area contributed by atoms with Crippen LogP contribution in [0.5, 0.6) is 0 Å². The Labute approximate surface area is 180 Å². The van der Waals surface area contributed by atoms with Gasteiger partial charge in [0.2, 0.25) is 0 Å². The minimum atomic E-state index is -1.12. The number of aromatic nitrogens is 3. The Bertz CT molecular complexity index is 1260. The maximum atomic E-state index is 11.2. The molecule has 7 nitrogen and oxygen atoms in total. The minimum Gasteiger partial charge on any atom is -0.465 e. The van der Waals surface area contributed by atoms with E-state index in [2.05, 4.69) is 56.8 Å². The van der Waals surface area contributed by atoms with Crippen LogP contribution < -0.4 is 5.32 Å². The van der Waals surface area contributed by atoms with Gasteiger partial charge in [-0.1, -0.05) is 36.8 Å². The number of aryl methyl sites for hydroxylation is 1. The zero-order valence-corrected chi connectivity index (χ0v) is 17.5. The molecule has 2 aromatic heterocycles. The summed E-state index contributed by atoms with van der Waals surface area (Å²) in [7, 11) is 0. The highest BCUT2D eigenvalue weighted by Crippen LogP contribution is 2.29. The van der Waals surface area contributed by atoms with Crippen molar-refractivity contribution in [3.05, 3.63) is 59.9 Å². The number of carboxylic acid groups (broad SMARTS) is 1. The molecule has 4 aromatic rings. The van der Waals surface area contributed by atoms with Gasteiger partial charge in [0.1, 0.15) is 5.82 Å². The average molecular weight is 415 g/mol. The smallest absolute Gasteiger partial charge is 0.409 e. The number of rotatable bonds is 4. The summed E-state index contributed by atoms with van der Waals surface area (Å²) in [5.41, 5.74) is 5.43. The van der Waals surface area contributed by atoms with Crippen molar-refractivity contribution in [2.45, 2.75) is 32.7 Å². The van der Waals surface area contributed by atoms with Crippen LogP contribution in [0.2, 0.25) is 0 Å².